The minimum Gasteiger partial charge on any atom is -0.351 e. The van der Waals surface area contributed by atoms with Gasteiger partial charge in [-0.25, -0.2) is 9.97 Å². The monoisotopic (exact) mass is 241 g/mol. The number of rotatable bonds is 2. The van der Waals surface area contributed by atoms with Gasteiger partial charge in [0.05, 0.1) is 4.47 Å². The lowest BCUT2D eigenvalue weighted by molar-refractivity contribution is 0.308. The second-order valence-electron chi connectivity index (χ2n) is 3.64. The molecule has 13 heavy (non-hydrogen) atoms. The molecule has 0 radical (unpaired) electrons. The first-order valence-corrected chi connectivity index (χ1v) is 5.27. The van der Waals surface area contributed by atoms with Crippen molar-refractivity contribution in [1.82, 2.24) is 9.97 Å². The summed E-state index contributed by atoms with van der Waals surface area (Å²) in [6, 6.07) is 0.580. The van der Waals surface area contributed by atoms with Crippen LogP contribution in [0.5, 0.6) is 0 Å². The quantitative estimate of drug-likeness (QED) is 0.865. The van der Waals surface area contributed by atoms with Crippen molar-refractivity contribution in [2.45, 2.75) is 25.8 Å². The molecule has 1 saturated carbocycles. The first-order valence-electron chi connectivity index (χ1n) is 4.48. The molecule has 0 amide bonds. The maximum Gasteiger partial charge on any atom is 0.222 e. The maximum atomic E-state index is 4.16. The lowest BCUT2D eigenvalue weighted by atomic mass is 9.82. The number of nitrogens with one attached hydrogen (secondary N) is 1. The van der Waals surface area contributed by atoms with Crippen molar-refractivity contribution >= 4 is 21.9 Å². The van der Waals surface area contributed by atoms with Crippen molar-refractivity contribution < 1.29 is 0 Å². The van der Waals surface area contributed by atoms with Gasteiger partial charge in [-0.15, -0.1) is 0 Å². The zero-order chi connectivity index (χ0) is 9.26. The molecular weight excluding hydrogens is 230 g/mol. The van der Waals surface area contributed by atoms with Gasteiger partial charge in [-0.2, -0.15) is 0 Å². The lowest BCUT2D eigenvalue weighted by Crippen LogP contribution is -2.34. The Bertz CT molecular complexity index is 279. The van der Waals surface area contributed by atoms with E-state index in [2.05, 4.69) is 38.1 Å². The second-order valence-corrected chi connectivity index (χ2v) is 4.56. The van der Waals surface area contributed by atoms with E-state index in [-0.39, 0.29) is 0 Å². The predicted molar refractivity (Wildman–Crippen MR) is 55.5 cm³/mol. The van der Waals surface area contributed by atoms with Gasteiger partial charge in [-0.1, -0.05) is 6.92 Å². The van der Waals surface area contributed by atoms with Gasteiger partial charge in [0.15, 0.2) is 0 Å². The van der Waals surface area contributed by atoms with Crippen LogP contribution in [0.15, 0.2) is 16.9 Å². The summed E-state index contributed by atoms with van der Waals surface area (Å²) in [5, 5.41) is 3.29. The van der Waals surface area contributed by atoms with Crippen molar-refractivity contribution in [2.75, 3.05) is 5.32 Å². The summed E-state index contributed by atoms with van der Waals surface area (Å²) < 4.78 is 0.917. The molecule has 0 atom stereocenters. The highest BCUT2D eigenvalue weighted by atomic mass is 79.9. The summed E-state index contributed by atoms with van der Waals surface area (Å²) in [5.41, 5.74) is 0. The molecule has 1 fully saturated rings. The third kappa shape index (κ3) is 2.18. The smallest absolute Gasteiger partial charge is 0.222 e. The van der Waals surface area contributed by atoms with E-state index in [1.54, 1.807) is 12.4 Å². The summed E-state index contributed by atoms with van der Waals surface area (Å²) in [7, 11) is 0. The van der Waals surface area contributed by atoms with Gasteiger partial charge in [0.25, 0.3) is 0 Å². The van der Waals surface area contributed by atoms with E-state index in [4.69, 9.17) is 0 Å². The molecule has 0 saturated heterocycles. The van der Waals surface area contributed by atoms with Gasteiger partial charge in [-0.05, 0) is 34.7 Å². The molecule has 1 aromatic rings. The van der Waals surface area contributed by atoms with Crippen molar-refractivity contribution in [3.05, 3.63) is 16.9 Å². The first-order chi connectivity index (χ1) is 6.24. The summed E-state index contributed by atoms with van der Waals surface area (Å²) >= 11 is 3.30. The van der Waals surface area contributed by atoms with E-state index in [9.17, 15) is 0 Å². The second kappa shape index (κ2) is 3.62. The van der Waals surface area contributed by atoms with Crippen molar-refractivity contribution in [3.8, 4) is 0 Å². The van der Waals surface area contributed by atoms with Crippen LogP contribution >= 0.6 is 15.9 Å². The standard InChI is InChI=1S/C9H12BrN3/c1-6-2-8(3-6)13-9-11-4-7(10)5-12-9/h4-6,8H,2-3H2,1H3,(H,11,12,13). The average molecular weight is 242 g/mol. The zero-order valence-electron chi connectivity index (χ0n) is 7.50. The fourth-order valence-corrected chi connectivity index (χ4v) is 1.79. The van der Waals surface area contributed by atoms with E-state index in [0.29, 0.717) is 6.04 Å². The number of hydrogen-bond acceptors (Lipinski definition) is 3. The molecule has 0 aromatic carbocycles. The van der Waals surface area contributed by atoms with Crippen LogP contribution in [0.1, 0.15) is 19.8 Å². The average Bonchev–Trinajstić information content (AvgIpc) is 2.06. The van der Waals surface area contributed by atoms with Gasteiger partial charge >= 0.3 is 0 Å². The molecule has 2 rings (SSSR count). The number of nitrogens with zero attached hydrogens (tertiary/aromatic N) is 2. The Hall–Kier alpha value is -0.640. The summed E-state index contributed by atoms with van der Waals surface area (Å²) in [4.78, 5) is 8.31. The van der Waals surface area contributed by atoms with Crippen LogP contribution in [-0.4, -0.2) is 16.0 Å². The Labute approximate surface area is 86.1 Å². The third-order valence-corrected chi connectivity index (χ3v) is 2.74. The summed E-state index contributed by atoms with van der Waals surface area (Å²) in [5.74, 6) is 1.59. The van der Waals surface area contributed by atoms with Crippen LogP contribution in [0, 0.1) is 5.92 Å². The van der Waals surface area contributed by atoms with Crippen molar-refractivity contribution in [3.63, 3.8) is 0 Å². The van der Waals surface area contributed by atoms with Crippen LogP contribution in [0.25, 0.3) is 0 Å². The molecular formula is C9H12BrN3. The van der Waals surface area contributed by atoms with Gasteiger partial charge in [0, 0.05) is 18.4 Å². The molecule has 1 N–H and O–H groups in total. The molecule has 4 heteroatoms. The number of aromatic nitrogens is 2. The normalized spacial score (nSPS) is 26.6. The molecule has 1 aromatic heterocycles. The Kier molecular flexibility index (Phi) is 2.49. The Morgan fingerprint density at radius 3 is 2.54 bits per heavy atom. The first kappa shape index (κ1) is 8.94. The molecule has 0 bridgehead atoms. The van der Waals surface area contributed by atoms with E-state index >= 15 is 0 Å². The van der Waals surface area contributed by atoms with Gasteiger partial charge in [0.1, 0.15) is 0 Å². The highest BCUT2D eigenvalue weighted by molar-refractivity contribution is 9.10. The predicted octanol–water partition coefficient (Wildman–Crippen LogP) is 2.45. The van der Waals surface area contributed by atoms with Gasteiger partial charge in [0.2, 0.25) is 5.95 Å². The Balaban J connectivity index is 1.91. The topological polar surface area (TPSA) is 37.8 Å². The molecule has 0 aliphatic heterocycles. The molecule has 3 nitrogen and oxygen atoms in total. The third-order valence-electron chi connectivity index (χ3n) is 2.33. The van der Waals surface area contributed by atoms with E-state index in [1.165, 1.54) is 12.8 Å². The summed E-state index contributed by atoms with van der Waals surface area (Å²) in [6.07, 6.45) is 5.99. The molecule has 0 unspecified atom stereocenters. The fraction of sp³-hybridized carbons (Fsp3) is 0.556. The summed E-state index contributed by atoms with van der Waals surface area (Å²) in [6.45, 7) is 2.26. The molecule has 1 aliphatic carbocycles. The van der Waals surface area contributed by atoms with Crippen LogP contribution in [0.4, 0.5) is 5.95 Å². The number of hydrogen-bond donors (Lipinski definition) is 1. The van der Waals surface area contributed by atoms with Crippen LogP contribution in [-0.2, 0) is 0 Å². The van der Waals surface area contributed by atoms with E-state index in [1.807, 2.05) is 0 Å². The molecule has 1 aliphatic rings. The molecule has 70 valence electrons. The minimum atomic E-state index is 0.580. The number of anilines is 1. The van der Waals surface area contributed by atoms with Crippen molar-refractivity contribution in [2.24, 2.45) is 5.92 Å². The maximum absolute atomic E-state index is 4.16. The minimum absolute atomic E-state index is 0.580. The molecule has 0 spiro atoms. The van der Waals surface area contributed by atoms with Gasteiger partial charge in [-0.3, -0.25) is 0 Å². The highest BCUT2D eigenvalue weighted by Gasteiger charge is 2.25. The van der Waals surface area contributed by atoms with Crippen LogP contribution < -0.4 is 5.32 Å². The SMILES string of the molecule is CC1CC(Nc2ncc(Br)cn2)C1. The number of halogens is 1. The Morgan fingerprint density at radius 2 is 2.00 bits per heavy atom. The van der Waals surface area contributed by atoms with Crippen LogP contribution in [0.3, 0.4) is 0 Å². The zero-order valence-corrected chi connectivity index (χ0v) is 9.08. The molecule has 1 heterocycles. The lowest BCUT2D eigenvalue weighted by Gasteiger charge is -2.33. The fourth-order valence-electron chi connectivity index (χ4n) is 1.59. The van der Waals surface area contributed by atoms with E-state index < -0.39 is 0 Å². The van der Waals surface area contributed by atoms with E-state index in [0.717, 1.165) is 16.3 Å². The highest BCUT2D eigenvalue weighted by Crippen LogP contribution is 2.28. The van der Waals surface area contributed by atoms with Crippen molar-refractivity contribution in [1.29, 1.82) is 0 Å². The van der Waals surface area contributed by atoms with Crippen LogP contribution in [0.2, 0.25) is 0 Å². The Morgan fingerprint density at radius 1 is 1.38 bits per heavy atom. The van der Waals surface area contributed by atoms with Gasteiger partial charge < -0.3 is 5.32 Å². The largest absolute Gasteiger partial charge is 0.351 e.